The zero-order chi connectivity index (χ0) is 25.8. The Morgan fingerprint density at radius 3 is 1.97 bits per heavy atom. The number of fused-ring (bicyclic) bond motifs is 6. The van der Waals surface area contributed by atoms with Crippen LogP contribution in [-0.4, -0.2) is 15.0 Å². The Balaban J connectivity index is 1.40. The molecule has 8 rings (SSSR count). The first kappa shape index (κ1) is 22.1. The van der Waals surface area contributed by atoms with Crippen LogP contribution in [0.15, 0.2) is 127 Å². The van der Waals surface area contributed by atoms with Crippen LogP contribution in [0, 0.1) is 0 Å². The van der Waals surface area contributed by atoms with Crippen LogP contribution in [-0.2, 0) is 0 Å². The topological polar surface area (TPSA) is 38.7 Å². The molecule has 0 amide bonds. The molecular formula is C35H21N3S. The number of hydrogen-bond donors (Lipinski definition) is 0. The van der Waals surface area contributed by atoms with Gasteiger partial charge in [0.05, 0.1) is 0 Å². The molecule has 2 aromatic heterocycles. The van der Waals surface area contributed by atoms with Crippen LogP contribution in [0.3, 0.4) is 0 Å². The van der Waals surface area contributed by atoms with E-state index in [1.54, 1.807) is 0 Å². The number of hydrogen-bond acceptors (Lipinski definition) is 4. The summed E-state index contributed by atoms with van der Waals surface area (Å²) in [6, 6.07) is 44.4. The maximum atomic E-state index is 5.07. The van der Waals surface area contributed by atoms with E-state index in [4.69, 9.17) is 15.0 Å². The molecule has 0 aliphatic rings. The van der Waals surface area contributed by atoms with E-state index >= 15 is 0 Å². The maximum absolute atomic E-state index is 5.07. The van der Waals surface area contributed by atoms with Crippen molar-refractivity contribution in [2.24, 2.45) is 0 Å². The Hall–Kier alpha value is -4.93. The summed E-state index contributed by atoms with van der Waals surface area (Å²) in [4.78, 5) is 15.0. The van der Waals surface area contributed by atoms with Crippen molar-refractivity contribution in [2.75, 3.05) is 0 Å². The molecule has 2 heterocycles. The number of thiophene rings is 1. The van der Waals surface area contributed by atoms with E-state index in [0.717, 1.165) is 27.5 Å². The summed E-state index contributed by atoms with van der Waals surface area (Å²) in [6.45, 7) is 0. The SMILES string of the molecule is c1ccc(-c2nc(-c3ccc4ccc5sc6ccccc6c5c4c3)nc(-c3cccc4ccccc34)n2)cc1. The zero-order valence-corrected chi connectivity index (χ0v) is 21.7. The lowest BCUT2D eigenvalue weighted by molar-refractivity contribution is 1.08. The highest BCUT2D eigenvalue weighted by Crippen LogP contribution is 2.39. The lowest BCUT2D eigenvalue weighted by atomic mass is 10.0. The molecule has 0 bridgehead atoms. The molecule has 0 radical (unpaired) electrons. The third-order valence-corrected chi connectivity index (χ3v) is 8.45. The standard InChI is InChI=1S/C35H21N3S/c1-2-10-24(11-3-1)33-36-34(38-35(37-33)27-15-8-12-22-9-4-5-13-26(22)27)25-18-17-23-19-20-31-32(29(23)21-25)28-14-6-7-16-30(28)39-31/h1-21H. The molecule has 8 aromatic rings. The van der Waals surface area contributed by atoms with Crippen LogP contribution in [0.2, 0.25) is 0 Å². The molecule has 182 valence electrons. The molecule has 4 heteroatoms. The third kappa shape index (κ3) is 3.69. The highest BCUT2D eigenvalue weighted by Gasteiger charge is 2.15. The van der Waals surface area contributed by atoms with Crippen molar-refractivity contribution >= 4 is 53.1 Å². The van der Waals surface area contributed by atoms with E-state index in [1.165, 1.54) is 30.9 Å². The molecule has 0 saturated carbocycles. The highest BCUT2D eigenvalue weighted by molar-refractivity contribution is 7.26. The molecule has 0 unspecified atom stereocenters. The van der Waals surface area contributed by atoms with Gasteiger partial charge >= 0.3 is 0 Å². The lowest BCUT2D eigenvalue weighted by Crippen LogP contribution is -2.00. The Bertz CT molecular complexity index is 2180. The molecule has 0 N–H and O–H groups in total. The summed E-state index contributed by atoms with van der Waals surface area (Å²) in [7, 11) is 0. The fourth-order valence-electron chi connectivity index (χ4n) is 5.44. The summed E-state index contributed by atoms with van der Waals surface area (Å²) < 4.78 is 2.59. The summed E-state index contributed by atoms with van der Waals surface area (Å²) in [5, 5.41) is 7.30. The maximum Gasteiger partial charge on any atom is 0.164 e. The Kier molecular flexibility index (Phi) is 5.00. The van der Waals surface area contributed by atoms with Crippen molar-refractivity contribution < 1.29 is 0 Å². The van der Waals surface area contributed by atoms with Gasteiger partial charge < -0.3 is 0 Å². The second-order valence-electron chi connectivity index (χ2n) is 9.67. The molecule has 0 saturated heterocycles. The van der Waals surface area contributed by atoms with Crippen LogP contribution in [0.25, 0.3) is 75.9 Å². The number of benzene rings is 6. The van der Waals surface area contributed by atoms with Gasteiger partial charge in [0.25, 0.3) is 0 Å². The minimum atomic E-state index is 0.669. The van der Waals surface area contributed by atoms with Gasteiger partial charge in [-0.3, -0.25) is 0 Å². The molecule has 3 nitrogen and oxygen atoms in total. The fraction of sp³-hybridized carbons (Fsp3) is 0. The summed E-state index contributed by atoms with van der Waals surface area (Å²) in [6.07, 6.45) is 0. The van der Waals surface area contributed by atoms with Gasteiger partial charge in [-0.15, -0.1) is 11.3 Å². The van der Waals surface area contributed by atoms with Gasteiger partial charge in [0.1, 0.15) is 0 Å². The normalized spacial score (nSPS) is 11.6. The zero-order valence-electron chi connectivity index (χ0n) is 20.9. The number of aromatic nitrogens is 3. The van der Waals surface area contributed by atoms with E-state index in [0.29, 0.717) is 17.5 Å². The molecular weight excluding hydrogens is 494 g/mol. The predicted octanol–water partition coefficient (Wildman–Crippen LogP) is 9.55. The van der Waals surface area contributed by atoms with Gasteiger partial charge in [0, 0.05) is 36.9 Å². The quantitative estimate of drug-likeness (QED) is 0.235. The molecule has 0 aliphatic carbocycles. The minimum absolute atomic E-state index is 0.669. The predicted molar refractivity (Wildman–Crippen MR) is 164 cm³/mol. The minimum Gasteiger partial charge on any atom is -0.208 e. The first-order valence-corrected chi connectivity index (χ1v) is 13.8. The van der Waals surface area contributed by atoms with Crippen LogP contribution >= 0.6 is 11.3 Å². The van der Waals surface area contributed by atoms with Crippen molar-refractivity contribution in [1.82, 2.24) is 15.0 Å². The molecule has 0 fully saturated rings. The average Bonchev–Trinajstić information content (AvgIpc) is 3.40. The second kappa shape index (κ2) is 8.83. The van der Waals surface area contributed by atoms with Crippen LogP contribution in [0.5, 0.6) is 0 Å². The van der Waals surface area contributed by atoms with Crippen molar-refractivity contribution in [3.63, 3.8) is 0 Å². The van der Waals surface area contributed by atoms with E-state index in [9.17, 15) is 0 Å². The molecule has 6 aromatic carbocycles. The van der Waals surface area contributed by atoms with Crippen molar-refractivity contribution in [1.29, 1.82) is 0 Å². The smallest absolute Gasteiger partial charge is 0.164 e. The number of rotatable bonds is 3. The van der Waals surface area contributed by atoms with E-state index < -0.39 is 0 Å². The van der Waals surface area contributed by atoms with E-state index in [-0.39, 0.29) is 0 Å². The van der Waals surface area contributed by atoms with Crippen molar-refractivity contribution in [3.8, 4) is 34.2 Å². The van der Waals surface area contributed by atoms with E-state index in [2.05, 4.69) is 97.1 Å². The van der Waals surface area contributed by atoms with Gasteiger partial charge in [-0.1, -0.05) is 109 Å². The molecule has 39 heavy (non-hydrogen) atoms. The van der Waals surface area contributed by atoms with Gasteiger partial charge in [-0.25, -0.2) is 15.0 Å². The third-order valence-electron chi connectivity index (χ3n) is 7.32. The largest absolute Gasteiger partial charge is 0.208 e. The Morgan fingerprint density at radius 2 is 1.08 bits per heavy atom. The Labute approximate surface area is 229 Å². The summed E-state index contributed by atoms with van der Waals surface area (Å²) in [5.41, 5.74) is 2.95. The van der Waals surface area contributed by atoms with Crippen LogP contribution in [0.4, 0.5) is 0 Å². The Morgan fingerprint density at radius 1 is 0.410 bits per heavy atom. The number of nitrogens with zero attached hydrogens (tertiary/aromatic N) is 3. The summed E-state index contributed by atoms with van der Waals surface area (Å²) >= 11 is 1.84. The average molecular weight is 516 g/mol. The van der Waals surface area contributed by atoms with Gasteiger partial charge in [-0.2, -0.15) is 0 Å². The summed E-state index contributed by atoms with van der Waals surface area (Å²) in [5.74, 6) is 2.02. The van der Waals surface area contributed by atoms with Crippen LogP contribution in [0.1, 0.15) is 0 Å². The van der Waals surface area contributed by atoms with Gasteiger partial charge in [0.15, 0.2) is 17.5 Å². The molecule has 0 atom stereocenters. The first-order valence-electron chi connectivity index (χ1n) is 13.0. The van der Waals surface area contributed by atoms with Gasteiger partial charge in [0.2, 0.25) is 0 Å². The molecule has 0 spiro atoms. The monoisotopic (exact) mass is 515 g/mol. The van der Waals surface area contributed by atoms with Crippen molar-refractivity contribution in [3.05, 3.63) is 127 Å². The first-order chi connectivity index (χ1) is 19.3. The fourth-order valence-corrected chi connectivity index (χ4v) is 6.57. The highest BCUT2D eigenvalue weighted by atomic mass is 32.1. The second-order valence-corrected chi connectivity index (χ2v) is 10.8. The lowest BCUT2D eigenvalue weighted by Gasteiger charge is -2.11. The van der Waals surface area contributed by atoms with Gasteiger partial charge in [-0.05, 0) is 39.7 Å². The van der Waals surface area contributed by atoms with Crippen LogP contribution < -0.4 is 0 Å². The van der Waals surface area contributed by atoms with Crippen molar-refractivity contribution in [2.45, 2.75) is 0 Å². The molecule has 0 aliphatic heterocycles. The van der Waals surface area contributed by atoms with E-state index in [1.807, 2.05) is 41.7 Å².